The molecule has 0 saturated carbocycles. The van der Waals surface area contributed by atoms with Crippen LogP contribution in [0.3, 0.4) is 0 Å². The van der Waals surface area contributed by atoms with Gasteiger partial charge in [0.05, 0.1) is 12.3 Å². The maximum absolute atomic E-state index is 11.8. The molecule has 0 amide bonds. The summed E-state index contributed by atoms with van der Waals surface area (Å²) < 4.78 is 40.7. The highest BCUT2D eigenvalue weighted by Crippen LogP contribution is 2.22. The average Bonchev–Trinajstić information content (AvgIpc) is 2.67. The first-order valence-corrected chi connectivity index (χ1v) is 5.32. The number of hydrogen-bond acceptors (Lipinski definition) is 2. The van der Waals surface area contributed by atoms with Gasteiger partial charge in [0.25, 0.3) is 0 Å². The standard InChI is InChI=1S/C11H16F3NO/c1-9(10-5-4-8-16-10)15-7-3-2-6-11(12,13)14/h4-5,8-9,15H,2-3,6-7H2,1H3. The summed E-state index contributed by atoms with van der Waals surface area (Å²) in [6.45, 7) is 2.49. The van der Waals surface area contributed by atoms with Gasteiger partial charge >= 0.3 is 6.18 Å². The van der Waals surface area contributed by atoms with Crippen LogP contribution in [0.4, 0.5) is 13.2 Å². The fraction of sp³-hybridized carbons (Fsp3) is 0.636. The van der Waals surface area contributed by atoms with E-state index in [2.05, 4.69) is 5.32 Å². The maximum Gasteiger partial charge on any atom is 0.389 e. The SMILES string of the molecule is CC(NCCCCC(F)(F)F)c1ccco1. The zero-order chi connectivity index (χ0) is 12.0. The van der Waals surface area contributed by atoms with Crippen molar-refractivity contribution in [1.29, 1.82) is 0 Å². The molecule has 0 radical (unpaired) electrons. The number of furan rings is 1. The Bertz CT molecular complexity index is 282. The zero-order valence-corrected chi connectivity index (χ0v) is 9.18. The fourth-order valence-corrected chi connectivity index (χ4v) is 1.41. The topological polar surface area (TPSA) is 25.2 Å². The van der Waals surface area contributed by atoms with Gasteiger partial charge in [-0.15, -0.1) is 0 Å². The Kier molecular flexibility index (Phi) is 4.86. The molecule has 5 heteroatoms. The number of rotatable bonds is 6. The molecule has 0 aliphatic carbocycles. The summed E-state index contributed by atoms with van der Waals surface area (Å²) in [5.74, 6) is 0.802. The quantitative estimate of drug-likeness (QED) is 0.761. The van der Waals surface area contributed by atoms with Crippen LogP contribution < -0.4 is 5.32 Å². The van der Waals surface area contributed by atoms with Gasteiger partial charge < -0.3 is 9.73 Å². The minimum absolute atomic E-state index is 0.0425. The molecule has 16 heavy (non-hydrogen) atoms. The normalized spacial score (nSPS) is 14.0. The van der Waals surface area contributed by atoms with Crippen LogP contribution in [0.25, 0.3) is 0 Å². The number of nitrogens with one attached hydrogen (secondary N) is 1. The number of halogens is 3. The molecule has 2 nitrogen and oxygen atoms in total. The van der Waals surface area contributed by atoms with Crippen molar-refractivity contribution in [2.24, 2.45) is 0 Å². The summed E-state index contributed by atoms with van der Waals surface area (Å²) in [5, 5.41) is 3.11. The Morgan fingerprint density at radius 3 is 2.69 bits per heavy atom. The molecule has 1 aromatic heterocycles. The first kappa shape index (κ1) is 13.1. The lowest BCUT2D eigenvalue weighted by molar-refractivity contribution is -0.135. The Morgan fingerprint density at radius 1 is 1.38 bits per heavy atom. The van der Waals surface area contributed by atoms with Crippen LogP contribution in [0, 0.1) is 0 Å². The van der Waals surface area contributed by atoms with E-state index in [-0.39, 0.29) is 12.5 Å². The van der Waals surface area contributed by atoms with Crippen molar-refractivity contribution in [3.8, 4) is 0 Å². The Morgan fingerprint density at radius 2 is 2.12 bits per heavy atom. The van der Waals surface area contributed by atoms with Gasteiger partial charge in [-0.05, 0) is 38.4 Å². The van der Waals surface area contributed by atoms with E-state index in [0.717, 1.165) is 5.76 Å². The van der Waals surface area contributed by atoms with Gasteiger partial charge in [-0.25, -0.2) is 0 Å². The minimum Gasteiger partial charge on any atom is -0.468 e. The maximum atomic E-state index is 11.8. The molecule has 1 rings (SSSR count). The summed E-state index contributed by atoms with van der Waals surface area (Å²) in [5.41, 5.74) is 0. The molecule has 1 aromatic rings. The van der Waals surface area contributed by atoms with Crippen molar-refractivity contribution >= 4 is 0 Å². The molecule has 1 unspecified atom stereocenters. The van der Waals surface area contributed by atoms with E-state index < -0.39 is 12.6 Å². The van der Waals surface area contributed by atoms with E-state index in [1.165, 1.54) is 0 Å². The van der Waals surface area contributed by atoms with E-state index in [1.54, 1.807) is 12.3 Å². The Labute approximate surface area is 92.8 Å². The Hall–Kier alpha value is -0.970. The summed E-state index contributed by atoms with van der Waals surface area (Å²) in [4.78, 5) is 0. The lowest BCUT2D eigenvalue weighted by atomic mass is 10.2. The predicted octanol–water partition coefficient (Wildman–Crippen LogP) is 3.66. The van der Waals surface area contributed by atoms with Crippen molar-refractivity contribution in [3.63, 3.8) is 0 Å². The summed E-state index contributed by atoms with van der Waals surface area (Å²) in [6, 6.07) is 3.67. The van der Waals surface area contributed by atoms with Crippen LogP contribution in [0.2, 0.25) is 0 Å². The highest BCUT2D eigenvalue weighted by Gasteiger charge is 2.25. The molecule has 0 saturated heterocycles. The fourth-order valence-electron chi connectivity index (χ4n) is 1.41. The van der Waals surface area contributed by atoms with Crippen LogP contribution >= 0.6 is 0 Å². The highest BCUT2D eigenvalue weighted by molar-refractivity contribution is 5.02. The van der Waals surface area contributed by atoms with Gasteiger partial charge in [0.15, 0.2) is 0 Å². The summed E-state index contributed by atoms with van der Waals surface area (Å²) >= 11 is 0. The molecule has 0 aromatic carbocycles. The largest absolute Gasteiger partial charge is 0.468 e. The van der Waals surface area contributed by atoms with E-state index in [4.69, 9.17) is 4.42 Å². The van der Waals surface area contributed by atoms with Crippen molar-refractivity contribution in [2.45, 2.75) is 38.4 Å². The van der Waals surface area contributed by atoms with Crippen molar-refractivity contribution < 1.29 is 17.6 Å². The highest BCUT2D eigenvalue weighted by atomic mass is 19.4. The van der Waals surface area contributed by atoms with Crippen LogP contribution in [0.1, 0.15) is 38.0 Å². The van der Waals surface area contributed by atoms with E-state index in [9.17, 15) is 13.2 Å². The molecule has 0 aliphatic heterocycles. The van der Waals surface area contributed by atoms with Gasteiger partial charge in [-0.3, -0.25) is 0 Å². The minimum atomic E-state index is -4.04. The molecular formula is C11H16F3NO. The van der Waals surface area contributed by atoms with Crippen LogP contribution in [0.15, 0.2) is 22.8 Å². The van der Waals surface area contributed by atoms with Gasteiger partial charge in [0.1, 0.15) is 5.76 Å². The Balaban J connectivity index is 2.08. The average molecular weight is 235 g/mol. The molecule has 0 bridgehead atoms. The third-order valence-corrected chi connectivity index (χ3v) is 2.31. The van der Waals surface area contributed by atoms with Gasteiger partial charge in [0, 0.05) is 6.42 Å². The number of unbranched alkanes of at least 4 members (excludes halogenated alkanes) is 1. The van der Waals surface area contributed by atoms with E-state index in [0.29, 0.717) is 13.0 Å². The smallest absolute Gasteiger partial charge is 0.389 e. The lowest BCUT2D eigenvalue weighted by Crippen LogP contribution is -2.19. The molecule has 1 heterocycles. The van der Waals surface area contributed by atoms with Crippen LogP contribution in [0.5, 0.6) is 0 Å². The number of alkyl halides is 3. The van der Waals surface area contributed by atoms with Crippen LogP contribution in [-0.4, -0.2) is 12.7 Å². The van der Waals surface area contributed by atoms with Gasteiger partial charge in [-0.2, -0.15) is 13.2 Å². The first-order chi connectivity index (χ1) is 7.49. The summed E-state index contributed by atoms with van der Waals surface area (Å²) in [7, 11) is 0. The second kappa shape index (κ2) is 5.94. The second-order valence-corrected chi connectivity index (χ2v) is 3.76. The van der Waals surface area contributed by atoms with Crippen molar-refractivity contribution in [1.82, 2.24) is 5.32 Å². The predicted molar refractivity (Wildman–Crippen MR) is 55.0 cm³/mol. The number of hydrogen-bond donors (Lipinski definition) is 1. The molecular weight excluding hydrogens is 219 g/mol. The van der Waals surface area contributed by atoms with Crippen molar-refractivity contribution in [3.05, 3.63) is 24.2 Å². The molecule has 92 valence electrons. The van der Waals surface area contributed by atoms with Gasteiger partial charge in [-0.1, -0.05) is 0 Å². The lowest BCUT2D eigenvalue weighted by Gasteiger charge is -2.11. The van der Waals surface area contributed by atoms with Crippen molar-refractivity contribution in [2.75, 3.05) is 6.54 Å². The third-order valence-electron chi connectivity index (χ3n) is 2.31. The second-order valence-electron chi connectivity index (χ2n) is 3.76. The first-order valence-electron chi connectivity index (χ1n) is 5.32. The van der Waals surface area contributed by atoms with E-state index >= 15 is 0 Å². The third kappa shape index (κ3) is 5.21. The molecule has 1 atom stereocenters. The van der Waals surface area contributed by atoms with Crippen LogP contribution in [-0.2, 0) is 0 Å². The molecule has 0 aliphatic rings. The molecule has 0 spiro atoms. The van der Waals surface area contributed by atoms with Gasteiger partial charge in [0.2, 0.25) is 0 Å². The monoisotopic (exact) mass is 235 g/mol. The molecule has 0 fully saturated rings. The summed E-state index contributed by atoms with van der Waals surface area (Å²) in [6.07, 6.45) is -2.47. The van der Waals surface area contributed by atoms with E-state index in [1.807, 2.05) is 13.0 Å². The zero-order valence-electron chi connectivity index (χ0n) is 9.18. The molecule has 1 N–H and O–H groups in total.